The molecule has 0 atom stereocenters. The van der Waals surface area contributed by atoms with Crippen molar-refractivity contribution in [3.63, 3.8) is 0 Å². The Balaban J connectivity index is 0.000000300. The third-order valence-corrected chi connectivity index (χ3v) is 5.52. The normalized spacial score (nSPS) is 9.10. The average molecular weight is 693 g/mol. The van der Waals surface area contributed by atoms with Gasteiger partial charge in [0.25, 0.3) is 0 Å². The number of ether oxygens (including phenoxy) is 1. The van der Waals surface area contributed by atoms with E-state index in [9.17, 15) is 0 Å². The van der Waals surface area contributed by atoms with Gasteiger partial charge in [0, 0.05) is 6.07 Å². The molecule has 0 unspecified atom stereocenters. The summed E-state index contributed by atoms with van der Waals surface area (Å²) >= 11 is 0. The first-order chi connectivity index (χ1) is 18.8. The predicted molar refractivity (Wildman–Crippen MR) is 170 cm³/mol. The van der Waals surface area contributed by atoms with Gasteiger partial charge in [0.05, 0.1) is 0 Å². The van der Waals surface area contributed by atoms with E-state index in [4.69, 9.17) is 5.32 Å². The average Bonchev–Trinajstić information content (AvgIpc) is 2.93. The molecule has 0 fully saturated rings. The number of rotatable bonds is 3. The van der Waals surface area contributed by atoms with E-state index in [0.29, 0.717) is 0 Å². The van der Waals surface area contributed by atoms with Gasteiger partial charge in [0.1, 0.15) is 0 Å². The molecule has 0 spiro atoms. The number of benzene rings is 5. The van der Waals surface area contributed by atoms with Crippen molar-refractivity contribution >= 4 is 11.4 Å². The molecule has 5 aromatic carbocycles. The van der Waals surface area contributed by atoms with Crippen LogP contribution in [0.5, 0.6) is 5.75 Å². The molecular weight excluding hydrogens is 653 g/mol. The molecule has 3 heteroatoms. The van der Waals surface area contributed by atoms with Crippen LogP contribution in [0.2, 0.25) is 0 Å². The van der Waals surface area contributed by atoms with Gasteiger partial charge in [-0.2, -0.15) is 73.9 Å². The summed E-state index contributed by atoms with van der Waals surface area (Å²) in [5, 5.41) is 4.76. The number of para-hydroxylation sites is 2. The number of hydrogen-bond donors (Lipinski definition) is 0. The smallest absolute Gasteiger partial charge is 0.650 e. The zero-order valence-corrected chi connectivity index (χ0v) is 27.7. The maximum atomic E-state index is 4.76. The van der Waals surface area contributed by atoms with Gasteiger partial charge in [-0.3, -0.25) is 0 Å². The van der Waals surface area contributed by atoms with Crippen LogP contribution < -0.4 is 0 Å². The van der Waals surface area contributed by atoms with Crippen LogP contribution >= 0.6 is 0 Å². The molecule has 0 saturated heterocycles. The summed E-state index contributed by atoms with van der Waals surface area (Å²) < 4.78 is 4.25. The molecule has 5 rings (SSSR count). The zero-order chi connectivity index (χ0) is 28.5. The van der Waals surface area contributed by atoms with Crippen molar-refractivity contribution in [2.24, 2.45) is 0 Å². The van der Waals surface area contributed by atoms with Crippen LogP contribution in [-0.4, -0.2) is 11.8 Å². The van der Waals surface area contributed by atoms with Gasteiger partial charge in [-0.25, -0.2) is 0 Å². The van der Waals surface area contributed by atoms with Crippen LogP contribution in [0.15, 0.2) is 127 Å². The Morgan fingerprint density at radius 3 is 1.20 bits per heavy atom. The van der Waals surface area contributed by atoms with Gasteiger partial charge in [-0.05, 0) is 26.5 Å². The molecule has 0 saturated carbocycles. The van der Waals surface area contributed by atoms with Gasteiger partial charge < -0.3 is 10.1 Å². The van der Waals surface area contributed by atoms with E-state index in [1.54, 1.807) is 7.11 Å². The molecule has 202 valence electrons. The number of hydrogen-bond acceptors (Lipinski definition) is 0. The van der Waals surface area contributed by atoms with Crippen LogP contribution in [-0.2, 0) is 25.8 Å². The number of nitrogens with zero attached hydrogens (tertiary/aromatic N) is 1. The largest absolute Gasteiger partial charge is 4.00 e. The minimum absolute atomic E-state index is 0. The van der Waals surface area contributed by atoms with Gasteiger partial charge >= 0.3 is 25.8 Å². The van der Waals surface area contributed by atoms with E-state index in [1.807, 2.05) is 115 Å². The Bertz CT molecular complexity index is 1240. The van der Waals surface area contributed by atoms with Gasteiger partial charge in [0.2, 0.25) is 5.75 Å². The molecule has 2 nitrogen and oxygen atoms in total. The standard InChI is InChI=1S/C16H18NO.3C7H7.Hf/c1-11-9-12(2)16(13(3)10-11)17-14-7-5-6-8-15(14)18-4;3*1-7-5-3-2-4-6-7;/h5-10H,1-4H3;3*2-6H,1H2;/q4*-1;+4/p+1. The summed E-state index contributed by atoms with van der Waals surface area (Å²) in [6.07, 6.45) is 0. The Labute approximate surface area is 261 Å². The minimum atomic E-state index is 0. The Hall–Kier alpha value is -3.82. The summed E-state index contributed by atoms with van der Waals surface area (Å²) in [5.41, 5.74) is 8.88. The molecule has 40 heavy (non-hydrogen) atoms. The van der Waals surface area contributed by atoms with Crippen molar-refractivity contribution in [1.82, 2.24) is 0 Å². The fourth-order valence-electron chi connectivity index (χ4n) is 3.65. The van der Waals surface area contributed by atoms with Crippen LogP contribution in [0.25, 0.3) is 5.32 Å². The first-order valence-corrected chi connectivity index (χ1v) is 12.9. The Morgan fingerprint density at radius 1 is 0.525 bits per heavy atom. The number of aryl methyl sites for hydroxylation is 3. The molecular formula is C37H40HfNO+. The van der Waals surface area contributed by atoms with Crippen LogP contribution in [0.3, 0.4) is 0 Å². The van der Waals surface area contributed by atoms with Crippen LogP contribution in [0.4, 0.5) is 11.4 Å². The summed E-state index contributed by atoms with van der Waals surface area (Å²) in [6, 6.07) is 41.9. The molecule has 0 heterocycles. The zero-order valence-electron chi connectivity index (χ0n) is 24.1. The molecule has 1 N–H and O–H groups in total. The van der Waals surface area contributed by atoms with Crippen molar-refractivity contribution in [2.45, 2.75) is 20.8 Å². The van der Waals surface area contributed by atoms with Crippen molar-refractivity contribution < 1.29 is 30.6 Å². The topological polar surface area (TPSA) is 26.9 Å². The predicted octanol–water partition coefficient (Wildman–Crippen LogP) is 10.4. The van der Waals surface area contributed by atoms with E-state index >= 15 is 0 Å². The van der Waals surface area contributed by atoms with Gasteiger partial charge in [0.15, 0.2) is 7.11 Å². The quantitative estimate of drug-likeness (QED) is 0.102. The molecule has 0 radical (unpaired) electrons. The third-order valence-electron chi connectivity index (χ3n) is 5.52. The van der Waals surface area contributed by atoms with E-state index < -0.39 is 0 Å². The maximum absolute atomic E-state index is 4.76. The number of aromatic hydroxyl groups is 1. The van der Waals surface area contributed by atoms with Crippen LogP contribution in [0.1, 0.15) is 33.4 Å². The second kappa shape index (κ2) is 19.3. The summed E-state index contributed by atoms with van der Waals surface area (Å²) in [4.78, 5) is 0. The Kier molecular flexibility index (Phi) is 16.5. The monoisotopic (exact) mass is 694 g/mol. The fourth-order valence-corrected chi connectivity index (χ4v) is 3.65. The Morgan fingerprint density at radius 2 is 0.875 bits per heavy atom. The van der Waals surface area contributed by atoms with Gasteiger partial charge in [-0.15, -0.1) is 42.1 Å². The third kappa shape index (κ3) is 13.3. The second-order valence-corrected chi connectivity index (χ2v) is 9.03. The summed E-state index contributed by atoms with van der Waals surface area (Å²) in [7, 11) is 1.79. The minimum Gasteiger partial charge on any atom is -0.650 e. The molecule has 0 amide bonds. The van der Waals surface area contributed by atoms with Gasteiger partial charge in [-0.1, -0.05) is 65.2 Å². The van der Waals surface area contributed by atoms with Crippen molar-refractivity contribution in [1.29, 1.82) is 0 Å². The first-order valence-electron chi connectivity index (χ1n) is 12.9. The molecule has 5 aromatic rings. The van der Waals surface area contributed by atoms with Crippen molar-refractivity contribution in [2.75, 3.05) is 7.11 Å². The molecule has 0 aliphatic heterocycles. The van der Waals surface area contributed by atoms with E-state index in [0.717, 1.165) is 33.8 Å². The maximum Gasteiger partial charge on any atom is 4.00 e. The van der Waals surface area contributed by atoms with E-state index in [1.165, 1.54) is 16.7 Å². The molecule has 0 bridgehead atoms. The SMILES string of the molecule is C[OH+]c1ccccc1[N-]c1c(C)cc(C)cc1C.[CH2-]c1ccccc1.[CH2-]c1ccccc1.[CH2-]c1ccccc1.[Hf+4]. The van der Waals surface area contributed by atoms with E-state index in [2.05, 4.69) is 58.4 Å². The van der Waals surface area contributed by atoms with Crippen molar-refractivity contribution in [3.05, 3.63) is 187 Å². The van der Waals surface area contributed by atoms with Crippen molar-refractivity contribution in [3.8, 4) is 5.75 Å². The fraction of sp³-hybridized carbons (Fsp3) is 0.108. The second-order valence-electron chi connectivity index (χ2n) is 9.03. The summed E-state index contributed by atoms with van der Waals surface area (Å²) in [5.74, 6) is 0.928. The van der Waals surface area contributed by atoms with Crippen LogP contribution in [0, 0.1) is 41.5 Å². The number of aliphatic hydroxyl groups is 1. The molecule has 0 aliphatic carbocycles. The first kappa shape index (κ1) is 34.2. The molecule has 0 aromatic heterocycles. The van der Waals surface area contributed by atoms with E-state index in [-0.39, 0.29) is 25.8 Å². The molecule has 0 aliphatic rings. The summed E-state index contributed by atoms with van der Waals surface area (Å²) in [6.45, 7) is 17.5.